The number of likely N-dealkylation sites (tertiary alicyclic amines) is 1. The van der Waals surface area contributed by atoms with Crippen LogP contribution in [0.25, 0.3) is 11.2 Å². The van der Waals surface area contributed by atoms with E-state index in [0.717, 1.165) is 60.3 Å². The highest BCUT2D eigenvalue weighted by Gasteiger charge is 2.25. The zero-order valence-corrected chi connectivity index (χ0v) is 22.2. The van der Waals surface area contributed by atoms with Gasteiger partial charge in [-0.25, -0.2) is 9.78 Å². The van der Waals surface area contributed by atoms with Crippen LogP contribution in [0.4, 0.5) is 0 Å². The molecule has 1 atom stereocenters. The molecule has 2 aromatic heterocycles. The molecule has 0 amide bonds. The van der Waals surface area contributed by atoms with Gasteiger partial charge in [0.2, 0.25) is 0 Å². The van der Waals surface area contributed by atoms with Crippen LogP contribution in [0.15, 0.2) is 70.5 Å². The second kappa shape index (κ2) is 11.4. The van der Waals surface area contributed by atoms with E-state index in [0.29, 0.717) is 17.7 Å². The van der Waals surface area contributed by atoms with Crippen LogP contribution in [-0.4, -0.2) is 56.4 Å². The first-order valence-corrected chi connectivity index (χ1v) is 13.1. The van der Waals surface area contributed by atoms with Crippen molar-refractivity contribution in [3.63, 3.8) is 0 Å². The molecule has 200 valence electrons. The minimum absolute atomic E-state index is 0.119. The van der Waals surface area contributed by atoms with Crippen molar-refractivity contribution in [2.45, 2.75) is 38.0 Å². The smallest absolute Gasteiger partial charge is 0.332 e. The van der Waals surface area contributed by atoms with Crippen LogP contribution in [0.3, 0.4) is 0 Å². The zero-order chi connectivity index (χ0) is 26.6. The molecule has 0 bridgehead atoms. The zero-order valence-electron chi connectivity index (χ0n) is 22.2. The average Bonchev–Trinajstić information content (AvgIpc) is 3.39. The summed E-state index contributed by atoms with van der Waals surface area (Å²) in [4.78, 5) is 31.6. The Balaban J connectivity index is 1.18. The molecule has 0 saturated carbocycles. The predicted octanol–water partition coefficient (Wildman–Crippen LogP) is 3.10. The fourth-order valence-corrected chi connectivity index (χ4v) is 5.25. The number of hydrogen-bond donors (Lipinski definition) is 0. The van der Waals surface area contributed by atoms with E-state index < -0.39 is 0 Å². The number of hydrogen-bond acceptors (Lipinski definition) is 6. The van der Waals surface area contributed by atoms with Gasteiger partial charge in [-0.15, -0.1) is 0 Å². The van der Waals surface area contributed by atoms with Gasteiger partial charge in [0, 0.05) is 33.7 Å². The molecule has 2 aromatic carbocycles. The van der Waals surface area contributed by atoms with Gasteiger partial charge >= 0.3 is 5.69 Å². The number of methoxy groups -OCH3 is 1. The highest BCUT2D eigenvalue weighted by Crippen LogP contribution is 2.31. The Morgan fingerprint density at radius 1 is 0.921 bits per heavy atom. The summed E-state index contributed by atoms with van der Waals surface area (Å²) in [6.07, 6.45) is 4.55. The summed E-state index contributed by atoms with van der Waals surface area (Å²) < 4.78 is 16.5. The lowest BCUT2D eigenvalue weighted by Gasteiger charge is -2.34. The third-order valence-corrected chi connectivity index (χ3v) is 7.47. The number of imidazole rings is 1. The molecule has 1 saturated heterocycles. The second-order valence-electron chi connectivity index (χ2n) is 9.91. The van der Waals surface area contributed by atoms with E-state index in [9.17, 15) is 9.59 Å². The van der Waals surface area contributed by atoms with E-state index in [1.54, 1.807) is 20.5 Å². The van der Waals surface area contributed by atoms with Crippen LogP contribution in [0.5, 0.6) is 5.75 Å². The van der Waals surface area contributed by atoms with Crippen molar-refractivity contribution in [1.82, 2.24) is 23.6 Å². The van der Waals surface area contributed by atoms with Gasteiger partial charge in [-0.3, -0.25) is 13.9 Å². The Morgan fingerprint density at radius 3 is 2.29 bits per heavy atom. The number of ether oxygens (including phenoxy) is 2. The number of rotatable bonds is 9. The maximum atomic E-state index is 12.7. The maximum absolute atomic E-state index is 12.7. The number of benzene rings is 2. The van der Waals surface area contributed by atoms with E-state index in [2.05, 4.69) is 46.3 Å². The largest absolute Gasteiger partial charge is 0.497 e. The fraction of sp³-hybridized carbons (Fsp3) is 0.414. The maximum Gasteiger partial charge on any atom is 0.332 e. The molecular weight excluding hydrogens is 482 g/mol. The number of nitrogens with zero attached hydrogens (tertiary/aromatic N) is 5. The molecule has 0 aliphatic carbocycles. The van der Waals surface area contributed by atoms with Crippen molar-refractivity contribution in [3.8, 4) is 5.75 Å². The molecule has 0 spiro atoms. The van der Waals surface area contributed by atoms with Crippen molar-refractivity contribution >= 4 is 11.2 Å². The molecule has 38 heavy (non-hydrogen) atoms. The Hall–Kier alpha value is -3.69. The van der Waals surface area contributed by atoms with Crippen molar-refractivity contribution in [2.24, 2.45) is 14.1 Å². The standard InChI is InChI=1S/C29H35N5O4/c1-31-27-25(28(35)32(2)29(31)36)34(20-30-27)17-7-16-33-18-14-24(15-19-33)38-26(21-8-5-4-6-9-21)22-10-12-23(37-3)13-11-22/h4-6,8-13,20,24,26H,7,14-19H2,1-3H3. The molecular formula is C29H35N5O4. The molecule has 1 unspecified atom stereocenters. The Morgan fingerprint density at radius 2 is 1.61 bits per heavy atom. The summed E-state index contributed by atoms with van der Waals surface area (Å²) >= 11 is 0. The van der Waals surface area contributed by atoms with Crippen LogP contribution in [0.1, 0.15) is 36.5 Å². The molecule has 9 nitrogen and oxygen atoms in total. The number of aryl methyl sites for hydroxylation is 2. The predicted molar refractivity (Wildman–Crippen MR) is 147 cm³/mol. The molecule has 5 rings (SSSR count). The van der Waals surface area contributed by atoms with Crippen LogP contribution in [0, 0.1) is 0 Å². The molecule has 1 aliphatic heterocycles. The minimum atomic E-state index is -0.362. The van der Waals surface area contributed by atoms with Gasteiger partial charge in [-0.05, 0) is 49.1 Å². The Labute approximate surface area is 221 Å². The van der Waals surface area contributed by atoms with Gasteiger partial charge in [-0.1, -0.05) is 42.5 Å². The van der Waals surface area contributed by atoms with Crippen molar-refractivity contribution in [3.05, 3.63) is 92.9 Å². The molecule has 4 aromatic rings. The number of aromatic nitrogens is 4. The van der Waals surface area contributed by atoms with E-state index in [4.69, 9.17) is 9.47 Å². The summed E-state index contributed by atoms with van der Waals surface area (Å²) in [6.45, 7) is 3.54. The minimum Gasteiger partial charge on any atom is -0.497 e. The SMILES string of the molecule is COc1ccc(C(OC2CCN(CCCn3cnc4c3c(=O)n(C)c(=O)n4C)CC2)c2ccccc2)cc1. The van der Waals surface area contributed by atoms with Gasteiger partial charge in [0.25, 0.3) is 5.56 Å². The van der Waals surface area contributed by atoms with Gasteiger partial charge < -0.3 is 18.9 Å². The number of fused-ring (bicyclic) bond motifs is 1. The normalized spacial score (nSPS) is 15.7. The average molecular weight is 518 g/mol. The molecule has 0 N–H and O–H groups in total. The van der Waals surface area contributed by atoms with E-state index in [1.165, 1.54) is 11.6 Å². The first-order valence-electron chi connectivity index (χ1n) is 13.1. The molecule has 0 radical (unpaired) electrons. The Kier molecular flexibility index (Phi) is 7.76. The van der Waals surface area contributed by atoms with Gasteiger partial charge in [0.05, 0.1) is 19.5 Å². The number of piperidine rings is 1. The molecule has 1 aliphatic rings. The van der Waals surface area contributed by atoms with Crippen LogP contribution in [0.2, 0.25) is 0 Å². The summed E-state index contributed by atoms with van der Waals surface area (Å²) in [6, 6.07) is 18.5. The lowest BCUT2D eigenvalue weighted by Crippen LogP contribution is -2.38. The van der Waals surface area contributed by atoms with Crippen LogP contribution < -0.4 is 16.0 Å². The molecule has 9 heteroatoms. The fourth-order valence-electron chi connectivity index (χ4n) is 5.25. The molecule has 3 heterocycles. The topological polar surface area (TPSA) is 83.5 Å². The summed E-state index contributed by atoms with van der Waals surface area (Å²) in [7, 11) is 4.82. The van der Waals surface area contributed by atoms with Gasteiger partial charge in [0.15, 0.2) is 11.2 Å². The van der Waals surface area contributed by atoms with Crippen molar-refractivity contribution in [1.29, 1.82) is 0 Å². The Bertz CT molecular complexity index is 1480. The second-order valence-corrected chi connectivity index (χ2v) is 9.91. The van der Waals surface area contributed by atoms with E-state index in [-0.39, 0.29) is 23.5 Å². The van der Waals surface area contributed by atoms with Crippen LogP contribution >= 0.6 is 0 Å². The summed E-state index contributed by atoms with van der Waals surface area (Å²) in [5, 5.41) is 0. The molecule has 1 fully saturated rings. The highest BCUT2D eigenvalue weighted by atomic mass is 16.5. The third kappa shape index (κ3) is 5.30. The summed E-state index contributed by atoms with van der Waals surface area (Å²) in [5.41, 5.74) is 2.52. The van der Waals surface area contributed by atoms with E-state index >= 15 is 0 Å². The van der Waals surface area contributed by atoms with Gasteiger partial charge in [0.1, 0.15) is 11.9 Å². The lowest BCUT2D eigenvalue weighted by atomic mass is 10.00. The summed E-state index contributed by atoms with van der Waals surface area (Å²) in [5.74, 6) is 0.835. The lowest BCUT2D eigenvalue weighted by molar-refractivity contribution is -0.0271. The third-order valence-electron chi connectivity index (χ3n) is 7.47. The monoisotopic (exact) mass is 517 g/mol. The van der Waals surface area contributed by atoms with E-state index in [1.807, 2.05) is 22.8 Å². The van der Waals surface area contributed by atoms with Crippen molar-refractivity contribution in [2.75, 3.05) is 26.7 Å². The first kappa shape index (κ1) is 25.9. The highest BCUT2D eigenvalue weighted by molar-refractivity contribution is 5.69. The quantitative estimate of drug-likeness (QED) is 0.339. The first-order chi connectivity index (χ1) is 18.5. The van der Waals surface area contributed by atoms with Crippen LogP contribution in [-0.2, 0) is 25.4 Å². The van der Waals surface area contributed by atoms with Gasteiger partial charge in [-0.2, -0.15) is 0 Å². The van der Waals surface area contributed by atoms with Crippen molar-refractivity contribution < 1.29 is 9.47 Å².